The molecule has 0 bridgehead atoms. The molecule has 5 heteroatoms. The van der Waals surface area contributed by atoms with E-state index < -0.39 is 0 Å². The summed E-state index contributed by atoms with van der Waals surface area (Å²) >= 11 is 6.84. The quantitative estimate of drug-likeness (QED) is 0.760. The number of nitrogens with zero attached hydrogens (tertiary/aromatic N) is 1. The minimum absolute atomic E-state index is 0.102. The first-order valence-corrected chi connectivity index (χ1v) is 7.92. The molecule has 2 rings (SSSR count). The molecule has 1 amide bonds. The minimum Gasteiger partial charge on any atom is -0.340 e. The smallest absolute Gasteiger partial charge is 0.272 e. The first kappa shape index (κ1) is 15.3. The molecular weight excluding hydrogens is 384 g/mol. The zero-order valence-corrected chi connectivity index (χ0v) is 14.7. The van der Waals surface area contributed by atoms with Crippen LogP contribution in [0.2, 0.25) is 0 Å². The van der Waals surface area contributed by atoms with E-state index in [4.69, 9.17) is 0 Å². The molecule has 1 N–H and O–H groups in total. The lowest BCUT2D eigenvalue weighted by molar-refractivity contribution is 0.101. The molecule has 0 aliphatic carbocycles. The van der Waals surface area contributed by atoms with Gasteiger partial charge in [0.15, 0.2) is 0 Å². The van der Waals surface area contributed by atoms with Crippen molar-refractivity contribution in [3.63, 3.8) is 0 Å². The lowest BCUT2D eigenvalue weighted by atomic mass is 10.2. The third-order valence-corrected chi connectivity index (χ3v) is 3.97. The van der Waals surface area contributed by atoms with Crippen molar-refractivity contribution in [2.45, 2.75) is 26.8 Å². The summed E-state index contributed by atoms with van der Waals surface area (Å²) in [4.78, 5) is 12.4. The van der Waals surface area contributed by atoms with Crippen LogP contribution >= 0.6 is 31.9 Å². The van der Waals surface area contributed by atoms with Gasteiger partial charge in [0.05, 0.1) is 0 Å². The van der Waals surface area contributed by atoms with Crippen molar-refractivity contribution in [1.29, 1.82) is 0 Å². The second-order valence-corrected chi connectivity index (χ2v) is 6.79. The summed E-state index contributed by atoms with van der Waals surface area (Å²) in [5.74, 6) is -0.102. The monoisotopic (exact) mass is 398 g/mol. The van der Waals surface area contributed by atoms with E-state index >= 15 is 0 Å². The van der Waals surface area contributed by atoms with Crippen molar-refractivity contribution in [2.24, 2.45) is 0 Å². The fourth-order valence-electron chi connectivity index (χ4n) is 2.01. The van der Waals surface area contributed by atoms with Gasteiger partial charge in [-0.3, -0.25) is 4.79 Å². The number of benzene rings is 1. The van der Waals surface area contributed by atoms with E-state index in [1.165, 1.54) is 0 Å². The van der Waals surface area contributed by atoms with Gasteiger partial charge in [-0.15, -0.1) is 0 Å². The largest absolute Gasteiger partial charge is 0.340 e. The Morgan fingerprint density at radius 2 is 1.90 bits per heavy atom. The highest BCUT2D eigenvalue weighted by atomic mass is 79.9. The average molecular weight is 400 g/mol. The zero-order chi connectivity index (χ0) is 14.9. The van der Waals surface area contributed by atoms with E-state index in [1.807, 2.05) is 55.8 Å². The third-order valence-electron chi connectivity index (χ3n) is 3.04. The van der Waals surface area contributed by atoms with Gasteiger partial charge in [0.1, 0.15) is 5.69 Å². The van der Waals surface area contributed by atoms with Gasteiger partial charge in [0.2, 0.25) is 0 Å². The maximum Gasteiger partial charge on any atom is 0.272 e. The lowest BCUT2D eigenvalue weighted by Gasteiger charge is -2.13. The summed E-state index contributed by atoms with van der Waals surface area (Å²) in [5, 5.41) is 2.96. The second-order valence-electron chi connectivity index (χ2n) is 4.96. The molecule has 1 aromatic carbocycles. The standard InChI is InChI=1S/C15H16Br2N2O/c1-9(2)19-8-12(17)7-14(19)15(20)18-13-5-4-11(16)6-10(13)3/h4-9H,1-3H3,(H,18,20). The summed E-state index contributed by atoms with van der Waals surface area (Å²) in [6.45, 7) is 6.07. The van der Waals surface area contributed by atoms with Crippen LogP contribution in [-0.4, -0.2) is 10.5 Å². The molecular formula is C15H16Br2N2O. The average Bonchev–Trinajstić information content (AvgIpc) is 2.75. The molecule has 0 unspecified atom stereocenters. The first-order chi connectivity index (χ1) is 9.38. The maximum absolute atomic E-state index is 12.4. The van der Waals surface area contributed by atoms with E-state index in [1.54, 1.807) is 0 Å². The number of hydrogen-bond acceptors (Lipinski definition) is 1. The summed E-state index contributed by atoms with van der Waals surface area (Å²) < 4.78 is 3.86. The van der Waals surface area contributed by atoms with Crippen molar-refractivity contribution < 1.29 is 4.79 Å². The van der Waals surface area contributed by atoms with Gasteiger partial charge >= 0.3 is 0 Å². The van der Waals surface area contributed by atoms with Crippen molar-refractivity contribution in [3.8, 4) is 0 Å². The summed E-state index contributed by atoms with van der Waals surface area (Å²) in [7, 11) is 0. The van der Waals surface area contributed by atoms with Crippen LogP contribution in [0, 0.1) is 6.92 Å². The van der Waals surface area contributed by atoms with Crippen LogP contribution in [0.25, 0.3) is 0 Å². The number of hydrogen-bond donors (Lipinski definition) is 1. The van der Waals surface area contributed by atoms with Crippen LogP contribution in [0.4, 0.5) is 5.69 Å². The molecule has 1 aromatic heterocycles. The van der Waals surface area contributed by atoms with E-state index in [-0.39, 0.29) is 11.9 Å². The van der Waals surface area contributed by atoms with Crippen LogP contribution in [0.15, 0.2) is 39.4 Å². The molecule has 0 saturated heterocycles. The molecule has 0 fully saturated rings. The molecule has 2 aromatic rings. The van der Waals surface area contributed by atoms with Gasteiger partial charge in [-0.25, -0.2) is 0 Å². The number of carbonyl (C=O) groups excluding carboxylic acids is 1. The number of anilines is 1. The van der Waals surface area contributed by atoms with E-state index in [0.29, 0.717) is 5.69 Å². The number of carbonyl (C=O) groups is 1. The van der Waals surface area contributed by atoms with Gasteiger partial charge < -0.3 is 9.88 Å². The number of rotatable bonds is 3. The van der Waals surface area contributed by atoms with Crippen LogP contribution < -0.4 is 5.32 Å². The summed E-state index contributed by atoms with van der Waals surface area (Å²) in [6, 6.07) is 7.86. The number of halogens is 2. The van der Waals surface area contributed by atoms with Crippen LogP contribution in [0.5, 0.6) is 0 Å². The molecule has 106 valence electrons. The lowest BCUT2D eigenvalue weighted by Crippen LogP contribution is -2.18. The normalized spacial score (nSPS) is 10.9. The highest BCUT2D eigenvalue weighted by Gasteiger charge is 2.15. The van der Waals surface area contributed by atoms with Crippen molar-refractivity contribution in [3.05, 3.63) is 50.7 Å². The van der Waals surface area contributed by atoms with Crippen molar-refractivity contribution >= 4 is 43.5 Å². The Morgan fingerprint density at radius 3 is 2.50 bits per heavy atom. The van der Waals surface area contributed by atoms with Crippen molar-refractivity contribution in [2.75, 3.05) is 5.32 Å². The number of aromatic nitrogens is 1. The predicted octanol–water partition coefficient (Wildman–Crippen LogP) is 5.15. The Bertz CT molecular complexity index is 647. The Morgan fingerprint density at radius 1 is 1.20 bits per heavy atom. The third kappa shape index (κ3) is 3.33. The Labute approximate surface area is 135 Å². The van der Waals surface area contributed by atoms with Crippen LogP contribution in [0.3, 0.4) is 0 Å². The van der Waals surface area contributed by atoms with Crippen LogP contribution in [0.1, 0.15) is 35.9 Å². The molecule has 20 heavy (non-hydrogen) atoms. The van der Waals surface area contributed by atoms with Gasteiger partial charge in [-0.2, -0.15) is 0 Å². The fourth-order valence-corrected chi connectivity index (χ4v) is 2.92. The summed E-state index contributed by atoms with van der Waals surface area (Å²) in [6.07, 6.45) is 1.92. The van der Waals surface area contributed by atoms with Crippen molar-refractivity contribution in [1.82, 2.24) is 4.57 Å². The molecule has 0 aliphatic heterocycles. The minimum atomic E-state index is -0.102. The zero-order valence-electron chi connectivity index (χ0n) is 11.6. The van der Waals surface area contributed by atoms with Gasteiger partial charge in [0.25, 0.3) is 5.91 Å². The Kier molecular flexibility index (Phi) is 4.70. The molecule has 0 atom stereocenters. The Balaban J connectivity index is 2.28. The highest BCUT2D eigenvalue weighted by molar-refractivity contribution is 9.10. The van der Waals surface area contributed by atoms with E-state index in [9.17, 15) is 4.79 Å². The molecule has 0 aliphatic rings. The highest BCUT2D eigenvalue weighted by Crippen LogP contribution is 2.23. The molecule has 0 spiro atoms. The second kappa shape index (κ2) is 6.14. The van der Waals surface area contributed by atoms with Gasteiger partial charge in [0, 0.05) is 26.9 Å². The fraction of sp³-hybridized carbons (Fsp3) is 0.267. The first-order valence-electron chi connectivity index (χ1n) is 6.33. The van der Waals surface area contributed by atoms with E-state index in [0.717, 1.165) is 20.2 Å². The maximum atomic E-state index is 12.4. The molecule has 1 heterocycles. The van der Waals surface area contributed by atoms with Gasteiger partial charge in [-0.1, -0.05) is 15.9 Å². The SMILES string of the molecule is Cc1cc(Br)ccc1NC(=O)c1cc(Br)cn1C(C)C. The number of nitrogens with one attached hydrogen (secondary N) is 1. The number of amides is 1. The molecule has 3 nitrogen and oxygen atoms in total. The van der Waals surface area contributed by atoms with Gasteiger partial charge in [-0.05, 0) is 66.5 Å². The predicted molar refractivity (Wildman–Crippen MR) is 89.3 cm³/mol. The van der Waals surface area contributed by atoms with Crippen LogP contribution in [-0.2, 0) is 0 Å². The Hall–Kier alpha value is -1.07. The number of aryl methyl sites for hydroxylation is 1. The molecule has 0 saturated carbocycles. The molecule has 0 radical (unpaired) electrons. The summed E-state index contributed by atoms with van der Waals surface area (Å²) in [5.41, 5.74) is 2.49. The topological polar surface area (TPSA) is 34.0 Å². The van der Waals surface area contributed by atoms with E-state index in [2.05, 4.69) is 37.2 Å².